The Morgan fingerprint density at radius 3 is 2.32 bits per heavy atom. The number of nitrogens with zero attached hydrogens (tertiary/aromatic N) is 3. The molecule has 25 heavy (non-hydrogen) atoms. The Labute approximate surface area is 146 Å². The van der Waals surface area contributed by atoms with Crippen LogP contribution in [0.25, 0.3) is 0 Å². The average Bonchev–Trinajstić information content (AvgIpc) is 2.68. The van der Waals surface area contributed by atoms with E-state index in [2.05, 4.69) is 10.5 Å². The molecule has 1 atom stereocenters. The van der Waals surface area contributed by atoms with Crippen LogP contribution >= 0.6 is 0 Å². The van der Waals surface area contributed by atoms with Crippen molar-refractivity contribution in [1.29, 1.82) is 10.5 Å². The number of nitriles is 2. The number of nitrogens with one attached hydrogen (secondary N) is 1. The van der Waals surface area contributed by atoms with Crippen molar-refractivity contribution in [1.82, 2.24) is 0 Å². The van der Waals surface area contributed by atoms with Gasteiger partial charge < -0.3 is 4.74 Å². The van der Waals surface area contributed by atoms with Crippen molar-refractivity contribution in [2.75, 3.05) is 12.5 Å². The summed E-state index contributed by atoms with van der Waals surface area (Å²) in [6, 6.07) is 20.1. The van der Waals surface area contributed by atoms with Crippen molar-refractivity contribution in [3.63, 3.8) is 0 Å². The molecule has 0 heterocycles. The zero-order valence-corrected chi connectivity index (χ0v) is 13.6. The van der Waals surface area contributed by atoms with Gasteiger partial charge in [0.1, 0.15) is 12.1 Å². The molecule has 0 aromatic heterocycles. The van der Waals surface area contributed by atoms with Crippen LogP contribution in [0.1, 0.15) is 17.0 Å². The fourth-order valence-corrected chi connectivity index (χ4v) is 2.31. The molecular weight excluding hydrogens is 316 g/mol. The smallest absolute Gasteiger partial charge is 0.313 e. The molecule has 0 radical (unpaired) electrons. The number of ether oxygens (including phenoxy) is 1. The molecule has 0 fully saturated rings. The number of carbonyl (C=O) groups is 1. The minimum Gasteiger partial charge on any atom is -0.469 e. The number of methoxy groups -OCH3 is 1. The average molecular weight is 332 g/mol. The summed E-state index contributed by atoms with van der Waals surface area (Å²) >= 11 is 0. The third kappa shape index (κ3) is 4.92. The van der Waals surface area contributed by atoms with E-state index in [1.54, 1.807) is 24.3 Å². The zero-order valence-electron chi connectivity index (χ0n) is 13.6. The summed E-state index contributed by atoms with van der Waals surface area (Å²) in [5, 5.41) is 21.0. The summed E-state index contributed by atoms with van der Waals surface area (Å²) in [5.74, 6) is -0.669. The van der Waals surface area contributed by atoms with Gasteiger partial charge in [0.05, 0.1) is 18.7 Å². The first kappa shape index (κ1) is 17.7. The highest BCUT2D eigenvalue weighted by Gasteiger charge is 2.21. The molecule has 0 saturated heterocycles. The SMILES string of the molecule is COC(=O)C(Cc1ccc(NN=C(C#N)C#N)cc1)c1ccccc1. The molecule has 0 saturated carbocycles. The summed E-state index contributed by atoms with van der Waals surface area (Å²) in [5.41, 5.74) is 4.88. The van der Waals surface area contributed by atoms with Crippen molar-refractivity contribution in [3.05, 3.63) is 65.7 Å². The highest BCUT2D eigenvalue weighted by molar-refractivity contribution is 6.10. The van der Waals surface area contributed by atoms with Crippen LogP contribution in [0.5, 0.6) is 0 Å². The van der Waals surface area contributed by atoms with Crippen LogP contribution in [0.15, 0.2) is 59.7 Å². The van der Waals surface area contributed by atoms with E-state index in [1.807, 2.05) is 42.5 Å². The molecule has 0 aliphatic rings. The first-order valence-electron chi connectivity index (χ1n) is 7.53. The summed E-state index contributed by atoms with van der Waals surface area (Å²) in [6.45, 7) is 0. The standard InChI is InChI=1S/C19H16N4O2/c1-25-19(24)18(15-5-3-2-4-6-15)11-14-7-9-16(10-8-14)22-23-17(12-20)13-21/h2-10,18,22H,11H2,1H3. The molecule has 0 amide bonds. The lowest BCUT2D eigenvalue weighted by Gasteiger charge is -2.15. The van der Waals surface area contributed by atoms with Crippen molar-refractivity contribution in [2.45, 2.75) is 12.3 Å². The summed E-state index contributed by atoms with van der Waals surface area (Å²) in [7, 11) is 1.38. The Kier molecular flexibility index (Phi) is 6.27. The van der Waals surface area contributed by atoms with Gasteiger partial charge in [-0.05, 0) is 29.7 Å². The van der Waals surface area contributed by atoms with Gasteiger partial charge in [0.25, 0.3) is 0 Å². The minimum absolute atomic E-state index is 0.251. The topological polar surface area (TPSA) is 98.3 Å². The van der Waals surface area contributed by atoms with Gasteiger partial charge in [-0.25, -0.2) is 0 Å². The lowest BCUT2D eigenvalue weighted by Crippen LogP contribution is -2.16. The zero-order chi connectivity index (χ0) is 18.1. The summed E-state index contributed by atoms with van der Waals surface area (Å²) in [6.07, 6.45) is 0.502. The number of benzene rings is 2. The fourth-order valence-electron chi connectivity index (χ4n) is 2.31. The Bertz CT molecular complexity index is 814. The summed E-state index contributed by atoms with van der Waals surface area (Å²) < 4.78 is 4.92. The Hall–Kier alpha value is -3.64. The monoisotopic (exact) mass is 332 g/mol. The highest BCUT2D eigenvalue weighted by atomic mass is 16.5. The van der Waals surface area contributed by atoms with Gasteiger partial charge in [-0.15, -0.1) is 0 Å². The van der Waals surface area contributed by atoms with Crippen molar-refractivity contribution in [2.24, 2.45) is 5.10 Å². The second-order valence-electron chi connectivity index (χ2n) is 5.18. The number of carbonyl (C=O) groups excluding carboxylic acids is 1. The number of esters is 1. The maximum atomic E-state index is 12.1. The first-order valence-corrected chi connectivity index (χ1v) is 7.53. The normalized spacial score (nSPS) is 10.7. The van der Waals surface area contributed by atoms with Gasteiger partial charge in [-0.3, -0.25) is 10.2 Å². The molecule has 2 rings (SSSR count). The molecule has 6 nitrogen and oxygen atoms in total. The molecule has 2 aromatic carbocycles. The molecule has 0 aliphatic carbocycles. The number of rotatable bonds is 6. The van der Waals surface area contributed by atoms with Crippen molar-refractivity contribution < 1.29 is 9.53 Å². The molecule has 1 unspecified atom stereocenters. The second-order valence-corrected chi connectivity index (χ2v) is 5.18. The maximum absolute atomic E-state index is 12.1. The van der Waals surface area contributed by atoms with E-state index >= 15 is 0 Å². The predicted octanol–water partition coefficient (Wildman–Crippen LogP) is 3.00. The van der Waals surface area contributed by atoms with Gasteiger partial charge in [0.15, 0.2) is 0 Å². The Morgan fingerprint density at radius 2 is 1.76 bits per heavy atom. The van der Waals surface area contributed by atoms with E-state index in [-0.39, 0.29) is 17.6 Å². The highest BCUT2D eigenvalue weighted by Crippen LogP contribution is 2.23. The molecule has 2 aromatic rings. The number of hydrogen-bond acceptors (Lipinski definition) is 6. The van der Waals surface area contributed by atoms with Crippen molar-refractivity contribution in [3.8, 4) is 12.1 Å². The van der Waals surface area contributed by atoms with E-state index in [0.29, 0.717) is 12.1 Å². The molecule has 0 bridgehead atoms. The van der Waals surface area contributed by atoms with Crippen LogP contribution in [0, 0.1) is 22.7 Å². The molecule has 6 heteroatoms. The molecular formula is C19H16N4O2. The van der Waals surface area contributed by atoms with Crippen LogP contribution in [0.4, 0.5) is 5.69 Å². The van der Waals surface area contributed by atoms with Gasteiger partial charge in [-0.2, -0.15) is 15.6 Å². The minimum atomic E-state index is -0.383. The van der Waals surface area contributed by atoms with E-state index in [9.17, 15) is 4.79 Å². The predicted molar refractivity (Wildman–Crippen MR) is 93.6 cm³/mol. The van der Waals surface area contributed by atoms with Gasteiger partial charge in [0.2, 0.25) is 5.71 Å². The van der Waals surface area contributed by atoms with Gasteiger partial charge >= 0.3 is 5.97 Å². The quantitative estimate of drug-likeness (QED) is 0.498. The van der Waals surface area contributed by atoms with Crippen LogP contribution in [0.2, 0.25) is 0 Å². The van der Waals surface area contributed by atoms with Gasteiger partial charge in [-0.1, -0.05) is 42.5 Å². The lowest BCUT2D eigenvalue weighted by molar-refractivity contribution is -0.142. The molecule has 0 spiro atoms. The van der Waals surface area contributed by atoms with Crippen LogP contribution in [0.3, 0.4) is 0 Å². The second kappa shape index (κ2) is 8.85. The first-order chi connectivity index (χ1) is 12.2. The van der Waals surface area contributed by atoms with Crippen LogP contribution in [-0.4, -0.2) is 18.8 Å². The van der Waals surface area contributed by atoms with E-state index in [1.165, 1.54) is 7.11 Å². The van der Waals surface area contributed by atoms with E-state index in [0.717, 1.165) is 11.1 Å². The third-order valence-electron chi connectivity index (χ3n) is 3.59. The Balaban J connectivity index is 2.13. The van der Waals surface area contributed by atoms with Crippen LogP contribution < -0.4 is 5.43 Å². The fraction of sp³-hybridized carbons (Fsp3) is 0.158. The molecule has 1 N–H and O–H groups in total. The lowest BCUT2D eigenvalue weighted by atomic mass is 9.92. The molecule has 0 aliphatic heterocycles. The van der Waals surface area contributed by atoms with Crippen LogP contribution in [-0.2, 0) is 16.0 Å². The molecule has 124 valence electrons. The Morgan fingerprint density at radius 1 is 1.12 bits per heavy atom. The van der Waals surface area contributed by atoms with Crippen molar-refractivity contribution >= 4 is 17.4 Å². The number of hydrogen-bond donors (Lipinski definition) is 1. The third-order valence-corrected chi connectivity index (χ3v) is 3.59. The van der Waals surface area contributed by atoms with E-state index < -0.39 is 0 Å². The number of anilines is 1. The summed E-state index contributed by atoms with van der Waals surface area (Å²) in [4.78, 5) is 12.1. The van der Waals surface area contributed by atoms with Gasteiger partial charge in [0, 0.05) is 0 Å². The number of hydrazone groups is 1. The maximum Gasteiger partial charge on any atom is 0.313 e. The largest absolute Gasteiger partial charge is 0.469 e. The van der Waals surface area contributed by atoms with E-state index in [4.69, 9.17) is 15.3 Å².